The number of aromatic nitrogens is 1. The van der Waals surface area contributed by atoms with Gasteiger partial charge in [-0.1, -0.05) is 40.2 Å². The largest absolute Gasteiger partial charge is 0.384 e. The summed E-state index contributed by atoms with van der Waals surface area (Å²) in [5.74, 6) is -0.288. The Bertz CT molecular complexity index is 756. The van der Waals surface area contributed by atoms with Crippen LogP contribution in [-0.2, 0) is 6.42 Å². The Labute approximate surface area is 131 Å². The normalized spacial score (nSPS) is 10.8. The van der Waals surface area contributed by atoms with Crippen molar-refractivity contribution in [3.63, 3.8) is 0 Å². The number of para-hydroxylation sites is 1. The fourth-order valence-electron chi connectivity index (χ4n) is 2.29. The highest BCUT2D eigenvalue weighted by Gasteiger charge is 2.05. The molecule has 0 saturated heterocycles. The number of halogens is 2. The van der Waals surface area contributed by atoms with E-state index in [0.29, 0.717) is 5.52 Å². The van der Waals surface area contributed by atoms with E-state index in [-0.39, 0.29) is 5.82 Å². The lowest BCUT2D eigenvalue weighted by Gasteiger charge is -2.09. The van der Waals surface area contributed by atoms with Crippen LogP contribution >= 0.6 is 15.9 Å². The molecule has 1 N–H and O–H groups in total. The topological polar surface area (TPSA) is 24.9 Å². The van der Waals surface area contributed by atoms with Crippen molar-refractivity contribution in [3.8, 4) is 0 Å². The molecule has 2 aromatic carbocycles. The summed E-state index contributed by atoms with van der Waals surface area (Å²) >= 11 is 3.43. The van der Waals surface area contributed by atoms with Crippen LogP contribution < -0.4 is 5.32 Å². The highest BCUT2D eigenvalue weighted by molar-refractivity contribution is 9.10. The number of rotatable bonds is 4. The average molecular weight is 345 g/mol. The fraction of sp³-hybridized carbons (Fsp3) is 0.118. The van der Waals surface area contributed by atoms with Gasteiger partial charge in [0.1, 0.15) is 11.3 Å². The smallest absolute Gasteiger partial charge is 0.149 e. The lowest BCUT2D eigenvalue weighted by atomic mass is 10.1. The van der Waals surface area contributed by atoms with Crippen molar-refractivity contribution >= 4 is 32.5 Å². The number of pyridine rings is 1. The molecule has 2 nitrogen and oxygen atoms in total. The van der Waals surface area contributed by atoms with Crippen LogP contribution in [0.5, 0.6) is 0 Å². The number of nitrogens with zero attached hydrogens (tertiary/aromatic N) is 1. The van der Waals surface area contributed by atoms with Crippen LogP contribution in [0.3, 0.4) is 0 Å². The zero-order valence-electron chi connectivity index (χ0n) is 11.3. The number of benzene rings is 2. The maximum absolute atomic E-state index is 13.7. The van der Waals surface area contributed by atoms with Crippen LogP contribution in [-0.4, -0.2) is 11.5 Å². The van der Waals surface area contributed by atoms with Crippen LogP contribution in [0.15, 0.2) is 59.2 Å². The Kier molecular flexibility index (Phi) is 4.15. The van der Waals surface area contributed by atoms with Crippen LogP contribution in [0.25, 0.3) is 10.9 Å². The van der Waals surface area contributed by atoms with Crippen molar-refractivity contribution in [3.05, 3.63) is 70.6 Å². The number of fused-ring (bicyclic) bond motifs is 1. The minimum absolute atomic E-state index is 0.288. The molecule has 0 aliphatic carbocycles. The molecule has 0 amide bonds. The van der Waals surface area contributed by atoms with Crippen molar-refractivity contribution in [2.45, 2.75) is 6.42 Å². The van der Waals surface area contributed by atoms with E-state index in [1.54, 1.807) is 12.3 Å². The van der Waals surface area contributed by atoms with Gasteiger partial charge in [-0.2, -0.15) is 0 Å². The molecule has 0 radical (unpaired) electrons. The van der Waals surface area contributed by atoms with E-state index >= 15 is 0 Å². The van der Waals surface area contributed by atoms with Gasteiger partial charge in [0.25, 0.3) is 0 Å². The third-order valence-corrected chi connectivity index (χ3v) is 3.89. The maximum atomic E-state index is 13.7. The minimum atomic E-state index is -0.288. The molecular formula is C17H14BrFN2. The Hall–Kier alpha value is -1.94. The Morgan fingerprint density at radius 1 is 1.05 bits per heavy atom. The van der Waals surface area contributed by atoms with Crippen molar-refractivity contribution < 1.29 is 4.39 Å². The highest BCUT2D eigenvalue weighted by Crippen LogP contribution is 2.23. The van der Waals surface area contributed by atoms with Crippen LogP contribution in [0.2, 0.25) is 0 Å². The van der Waals surface area contributed by atoms with Gasteiger partial charge in [0, 0.05) is 28.3 Å². The lowest BCUT2D eigenvalue weighted by Crippen LogP contribution is -2.05. The molecule has 0 saturated carbocycles. The van der Waals surface area contributed by atoms with E-state index in [9.17, 15) is 4.39 Å². The molecule has 1 heterocycles. The van der Waals surface area contributed by atoms with E-state index in [2.05, 4.69) is 38.4 Å². The summed E-state index contributed by atoms with van der Waals surface area (Å²) in [6.45, 7) is 0.789. The zero-order chi connectivity index (χ0) is 14.7. The first-order chi connectivity index (χ1) is 10.2. The summed E-state index contributed by atoms with van der Waals surface area (Å²) in [5.41, 5.74) is 2.58. The Morgan fingerprint density at radius 3 is 2.67 bits per heavy atom. The molecule has 3 rings (SSSR count). The standard InChI is InChI=1S/C17H14BrFN2/c18-13-6-4-12(5-7-13)8-10-20-16-9-11-21-17-14(16)2-1-3-15(17)19/h1-7,9,11H,8,10H2,(H,20,21). The molecule has 0 aliphatic rings. The second-order valence-corrected chi connectivity index (χ2v) is 5.71. The molecule has 0 unspecified atom stereocenters. The van der Waals surface area contributed by atoms with E-state index < -0.39 is 0 Å². The van der Waals surface area contributed by atoms with Gasteiger partial charge >= 0.3 is 0 Å². The van der Waals surface area contributed by atoms with Crippen molar-refractivity contribution in [1.29, 1.82) is 0 Å². The number of nitrogens with one attached hydrogen (secondary N) is 1. The monoisotopic (exact) mass is 344 g/mol. The van der Waals surface area contributed by atoms with Gasteiger partial charge in [-0.25, -0.2) is 4.39 Å². The second-order valence-electron chi connectivity index (χ2n) is 4.80. The Morgan fingerprint density at radius 2 is 1.86 bits per heavy atom. The van der Waals surface area contributed by atoms with Crippen LogP contribution in [0, 0.1) is 5.82 Å². The third-order valence-electron chi connectivity index (χ3n) is 3.36. The first kappa shape index (κ1) is 14.0. The fourth-order valence-corrected chi connectivity index (χ4v) is 2.55. The van der Waals surface area contributed by atoms with Crippen LogP contribution in [0.4, 0.5) is 10.1 Å². The quantitative estimate of drug-likeness (QED) is 0.735. The molecule has 0 atom stereocenters. The molecule has 0 spiro atoms. The maximum Gasteiger partial charge on any atom is 0.149 e. The zero-order valence-corrected chi connectivity index (χ0v) is 12.9. The molecule has 0 bridgehead atoms. The summed E-state index contributed by atoms with van der Waals surface area (Å²) in [6.07, 6.45) is 2.54. The number of hydrogen-bond acceptors (Lipinski definition) is 2. The molecule has 4 heteroatoms. The molecule has 3 aromatic rings. The van der Waals surface area contributed by atoms with Gasteiger partial charge in [0.2, 0.25) is 0 Å². The van der Waals surface area contributed by atoms with Gasteiger partial charge in [-0.05, 0) is 36.2 Å². The molecule has 21 heavy (non-hydrogen) atoms. The van der Waals surface area contributed by atoms with Crippen LogP contribution in [0.1, 0.15) is 5.56 Å². The predicted molar refractivity (Wildman–Crippen MR) is 88.0 cm³/mol. The van der Waals surface area contributed by atoms with Gasteiger partial charge in [-0.15, -0.1) is 0 Å². The van der Waals surface area contributed by atoms with Crippen molar-refractivity contribution in [2.75, 3.05) is 11.9 Å². The molecule has 0 aliphatic heterocycles. The van der Waals surface area contributed by atoms with E-state index in [1.165, 1.54) is 11.6 Å². The molecule has 1 aromatic heterocycles. The van der Waals surface area contributed by atoms with E-state index in [4.69, 9.17) is 0 Å². The summed E-state index contributed by atoms with van der Waals surface area (Å²) < 4.78 is 14.8. The molecule has 0 fully saturated rings. The summed E-state index contributed by atoms with van der Waals surface area (Å²) in [4.78, 5) is 4.10. The van der Waals surface area contributed by atoms with Crippen molar-refractivity contribution in [2.24, 2.45) is 0 Å². The highest BCUT2D eigenvalue weighted by atomic mass is 79.9. The van der Waals surface area contributed by atoms with Crippen molar-refractivity contribution in [1.82, 2.24) is 4.98 Å². The van der Waals surface area contributed by atoms with Gasteiger partial charge < -0.3 is 5.32 Å². The van der Waals surface area contributed by atoms with Gasteiger partial charge in [0.15, 0.2) is 0 Å². The first-order valence-corrected chi connectivity index (χ1v) is 7.55. The minimum Gasteiger partial charge on any atom is -0.384 e. The third kappa shape index (κ3) is 3.22. The second kappa shape index (κ2) is 6.22. The SMILES string of the molecule is Fc1cccc2c(NCCc3ccc(Br)cc3)ccnc12. The first-order valence-electron chi connectivity index (χ1n) is 6.75. The average Bonchev–Trinajstić information content (AvgIpc) is 2.50. The Balaban J connectivity index is 1.73. The number of hydrogen-bond donors (Lipinski definition) is 1. The van der Waals surface area contributed by atoms with Gasteiger partial charge in [-0.3, -0.25) is 4.98 Å². The van der Waals surface area contributed by atoms with E-state index in [0.717, 1.165) is 28.5 Å². The predicted octanol–water partition coefficient (Wildman–Crippen LogP) is 4.79. The number of anilines is 1. The lowest BCUT2D eigenvalue weighted by molar-refractivity contribution is 0.637. The van der Waals surface area contributed by atoms with Gasteiger partial charge in [0.05, 0.1) is 0 Å². The molecule has 106 valence electrons. The summed E-state index contributed by atoms with van der Waals surface area (Å²) in [5, 5.41) is 4.17. The summed E-state index contributed by atoms with van der Waals surface area (Å²) in [6, 6.07) is 15.2. The van der Waals surface area contributed by atoms with E-state index in [1.807, 2.05) is 24.3 Å². The molecular weight excluding hydrogens is 331 g/mol. The summed E-state index contributed by atoms with van der Waals surface area (Å²) in [7, 11) is 0.